The van der Waals surface area contributed by atoms with Crippen molar-refractivity contribution >= 4 is 16.6 Å². The maximum Gasteiger partial charge on any atom is 0.192 e. The minimum Gasteiger partial charge on any atom is -0.409 e. The van der Waals surface area contributed by atoms with Crippen LogP contribution < -0.4 is 0 Å². The molecule has 1 aromatic rings. The van der Waals surface area contributed by atoms with Crippen molar-refractivity contribution in [1.29, 1.82) is 0 Å². The van der Waals surface area contributed by atoms with E-state index in [4.69, 9.17) is 18.3 Å². The average Bonchev–Trinajstić information content (AvgIpc) is 2.69. The highest BCUT2D eigenvalue weighted by molar-refractivity contribution is 6.74. The topological polar surface area (TPSA) is 57.2 Å². The zero-order valence-corrected chi connectivity index (χ0v) is 25.9. The van der Waals surface area contributed by atoms with Crippen LogP contribution in [0.4, 0.5) is 0 Å². The van der Waals surface area contributed by atoms with Crippen molar-refractivity contribution in [2.75, 3.05) is 7.11 Å². The molecule has 0 bridgehead atoms. The van der Waals surface area contributed by atoms with Crippen LogP contribution in [0.1, 0.15) is 61.0 Å². The first-order chi connectivity index (χ1) is 15.3. The molecule has 1 unspecified atom stereocenters. The Morgan fingerprint density at radius 1 is 0.765 bits per heavy atom. The number of methoxy groups -OCH3 is 1. The number of aliphatic hydroxyl groups is 1. The molecule has 0 amide bonds. The van der Waals surface area contributed by atoms with E-state index in [0.29, 0.717) is 0 Å². The maximum atomic E-state index is 11.9. The fourth-order valence-corrected chi connectivity index (χ4v) is 6.65. The van der Waals surface area contributed by atoms with Crippen LogP contribution in [-0.2, 0) is 23.9 Å². The fourth-order valence-electron chi connectivity index (χ4n) is 4.00. The monoisotopic (exact) mass is 510 g/mol. The lowest BCUT2D eigenvalue weighted by Gasteiger charge is -2.54. The van der Waals surface area contributed by atoms with Gasteiger partial charge in [0.15, 0.2) is 16.6 Å². The third kappa shape index (κ3) is 6.05. The normalized spacial score (nSPS) is 29.1. The van der Waals surface area contributed by atoms with Crippen molar-refractivity contribution in [3.05, 3.63) is 35.9 Å². The van der Waals surface area contributed by atoms with E-state index in [1.165, 1.54) is 0 Å². The van der Waals surface area contributed by atoms with Crippen molar-refractivity contribution in [1.82, 2.24) is 0 Å². The molecule has 1 aliphatic heterocycles. The van der Waals surface area contributed by atoms with Crippen LogP contribution in [0.5, 0.6) is 0 Å². The Hall–Kier alpha value is -0.546. The smallest absolute Gasteiger partial charge is 0.192 e. The molecule has 1 heterocycles. The molecule has 1 fully saturated rings. The zero-order valence-electron chi connectivity index (χ0n) is 23.9. The number of rotatable bonds is 7. The predicted octanol–water partition coefficient (Wildman–Crippen LogP) is 6.48. The number of benzene rings is 1. The highest BCUT2D eigenvalue weighted by Crippen LogP contribution is 2.45. The quantitative estimate of drug-likeness (QED) is 0.426. The van der Waals surface area contributed by atoms with Crippen LogP contribution in [0.3, 0.4) is 0 Å². The molecule has 1 aliphatic rings. The molecule has 0 saturated carbocycles. The number of hydrogen-bond donors (Lipinski definition) is 1. The van der Waals surface area contributed by atoms with E-state index in [1.54, 1.807) is 7.11 Å². The SMILES string of the molecule is CO[C@@H]1[C@H](O[Si](C)(C)C(C)(C)C)[C@@H](C)O[C@H](C(C)(O)c2ccccc2)[C@H]1O[Si](C)(C)C(C)(C)C. The molecule has 0 aromatic heterocycles. The van der Waals surface area contributed by atoms with Gasteiger partial charge in [0.2, 0.25) is 0 Å². The van der Waals surface area contributed by atoms with Crippen LogP contribution in [0.15, 0.2) is 30.3 Å². The Morgan fingerprint density at radius 2 is 1.21 bits per heavy atom. The highest BCUT2D eigenvalue weighted by Gasteiger charge is 2.56. The lowest BCUT2D eigenvalue weighted by molar-refractivity contribution is -0.258. The molecule has 6 atom stereocenters. The van der Waals surface area contributed by atoms with Crippen LogP contribution in [0, 0.1) is 0 Å². The second kappa shape index (κ2) is 10.1. The van der Waals surface area contributed by atoms with E-state index in [-0.39, 0.29) is 28.4 Å². The highest BCUT2D eigenvalue weighted by atomic mass is 28.4. The van der Waals surface area contributed by atoms with Gasteiger partial charge in [0, 0.05) is 7.11 Å². The molecule has 1 N–H and O–H groups in total. The largest absolute Gasteiger partial charge is 0.409 e. The third-order valence-corrected chi connectivity index (χ3v) is 17.4. The van der Waals surface area contributed by atoms with Gasteiger partial charge in [-0.25, -0.2) is 0 Å². The van der Waals surface area contributed by atoms with E-state index in [0.717, 1.165) is 5.56 Å². The lowest BCUT2D eigenvalue weighted by atomic mass is 9.82. The average molecular weight is 511 g/mol. The lowest BCUT2D eigenvalue weighted by Crippen LogP contribution is -2.68. The van der Waals surface area contributed by atoms with Gasteiger partial charge in [-0.3, -0.25) is 0 Å². The minimum absolute atomic E-state index is 0.00665. The Morgan fingerprint density at radius 3 is 1.62 bits per heavy atom. The van der Waals surface area contributed by atoms with Crippen molar-refractivity contribution in [3.8, 4) is 0 Å². The molecule has 0 radical (unpaired) electrons. The second-order valence-electron chi connectivity index (χ2n) is 13.2. The van der Waals surface area contributed by atoms with E-state index in [2.05, 4.69) is 67.7 Å². The summed E-state index contributed by atoms with van der Waals surface area (Å²) >= 11 is 0. The van der Waals surface area contributed by atoms with Crippen LogP contribution in [-0.4, -0.2) is 59.4 Å². The molecular formula is C27H50O5Si2. The molecule has 0 spiro atoms. The Bertz CT molecular complexity index is 795. The van der Waals surface area contributed by atoms with Gasteiger partial charge in [0.05, 0.1) is 12.2 Å². The number of hydrogen-bond acceptors (Lipinski definition) is 5. The molecule has 1 saturated heterocycles. The van der Waals surface area contributed by atoms with Crippen molar-refractivity contribution in [3.63, 3.8) is 0 Å². The molecule has 5 nitrogen and oxygen atoms in total. The third-order valence-electron chi connectivity index (χ3n) is 8.43. The van der Waals surface area contributed by atoms with Gasteiger partial charge in [-0.1, -0.05) is 71.9 Å². The number of ether oxygens (including phenoxy) is 2. The van der Waals surface area contributed by atoms with Crippen LogP contribution in [0.25, 0.3) is 0 Å². The molecule has 1 aromatic carbocycles. The summed E-state index contributed by atoms with van der Waals surface area (Å²) in [5.74, 6) is 0. The van der Waals surface area contributed by atoms with Gasteiger partial charge >= 0.3 is 0 Å². The Labute approximate surface area is 210 Å². The van der Waals surface area contributed by atoms with Crippen molar-refractivity contribution < 1.29 is 23.4 Å². The van der Waals surface area contributed by atoms with Crippen LogP contribution >= 0.6 is 0 Å². The fraction of sp³-hybridized carbons (Fsp3) is 0.778. The first kappa shape index (κ1) is 29.7. The summed E-state index contributed by atoms with van der Waals surface area (Å²) in [5.41, 5.74) is -0.462. The van der Waals surface area contributed by atoms with Gasteiger partial charge < -0.3 is 23.4 Å². The van der Waals surface area contributed by atoms with E-state index in [1.807, 2.05) is 44.2 Å². The van der Waals surface area contributed by atoms with Gasteiger partial charge in [-0.15, -0.1) is 0 Å². The predicted molar refractivity (Wildman–Crippen MR) is 145 cm³/mol. The Kier molecular flexibility index (Phi) is 8.80. The summed E-state index contributed by atoms with van der Waals surface area (Å²) in [4.78, 5) is 0. The molecular weight excluding hydrogens is 460 g/mol. The first-order valence-electron chi connectivity index (χ1n) is 12.6. The standard InChI is InChI=1S/C27H50O5Si2/c1-19-21(31-33(10,11)25(2,3)4)22(29-9)23(32-34(12,13)26(5,6)7)24(30-19)27(8,28)20-17-15-14-16-18-20/h14-19,21-24,28H,1-13H3/t19-,21-,22-,23+,24+,27?/m1/s1. The Balaban J connectivity index is 2.57. The van der Waals surface area contributed by atoms with Crippen LogP contribution in [0.2, 0.25) is 36.3 Å². The first-order valence-corrected chi connectivity index (χ1v) is 18.4. The molecule has 7 heteroatoms. The minimum atomic E-state index is -2.23. The summed E-state index contributed by atoms with van der Waals surface area (Å²) in [6.45, 7) is 26.2. The zero-order chi connectivity index (χ0) is 26.3. The van der Waals surface area contributed by atoms with E-state index < -0.39 is 34.4 Å². The molecule has 196 valence electrons. The molecule has 34 heavy (non-hydrogen) atoms. The summed E-state index contributed by atoms with van der Waals surface area (Å²) in [7, 11) is -2.63. The molecule has 2 rings (SSSR count). The summed E-state index contributed by atoms with van der Waals surface area (Å²) < 4.78 is 26.7. The van der Waals surface area contributed by atoms with Crippen molar-refractivity contribution in [2.45, 2.75) is 128 Å². The van der Waals surface area contributed by atoms with E-state index >= 15 is 0 Å². The van der Waals surface area contributed by atoms with Crippen molar-refractivity contribution in [2.24, 2.45) is 0 Å². The van der Waals surface area contributed by atoms with Gasteiger partial charge in [0.1, 0.15) is 23.9 Å². The van der Waals surface area contributed by atoms with E-state index in [9.17, 15) is 5.11 Å². The van der Waals surface area contributed by atoms with Gasteiger partial charge in [0.25, 0.3) is 0 Å². The molecule has 0 aliphatic carbocycles. The summed E-state index contributed by atoms with van der Waals surface area (Å²) in [5, 5.41) is 11.9. The summed E-state index contributed by atoms with van der Waals surface area (Å²) in [6.07, 6.45) is -2.01. The van der Waals surface area contributed by atoms with Gasteiger partial charge in [-0.05, 0) is 55.7 Å². The second-order valence-corrected chi connectivity index (χ2v) is 22.7. The summed E-state index contributed by atoms with van der Waals surface area (Å²) in [6, 6.07) is 9.72. The van der Waals surface area contributed by atoms with Gasteiger partial charge in [-0.2, -0.15) is 0 Å². The maximum absolute atomic E-state index is 11.9.